The third-order valence-electron chi connectivity index (χ3n) is 2.09. The number of phenols is 1. The first-order chi connectivity index (χ1) is 6.98. The number of fused-ring (bicyclic) bond motifs is 1. The van der Waals surface area contributed by atoms with Crippen molar-refractivity contribution in [3.8, 4) is 5.75 Å². The first-order valence-corrected chi connectivity index (χ1v) is 5.62. The number of hydrogen-bond donors (Lipinski definition) is 2. The number of rotatable bonds is 1. The van der Waals surface area contributed by atoms with Crippen LogP contribution in [0.1, 0.15) is 0 Å². The van der Waals surface area contributed by atoms with Crippen LogP contribution in [0, 0.1) is 0 Å². The fourth-order valence-corrected chi connectivity index (χ4v) is 2.21. The molecule has 0 fully saturated rings. The van der Waals surface area contributed by atoms with Gasteiger partial charge in [-0.1, -0.05) is 24.3 Å². The Morgan fingerprint density at radius 3 is 2.31 bits per heavy atom. The number of benzene rings is 2. The molecule has 0 saturated heterocycles. The van der Waals surface area contributed by atoms with Crippen molar-refractivity contribution in [2.75, 3.05) is 0 Å². The van der Waals surface area contributed by atoms with Crippen molar-refractivity contribution in [1.29, 1.82) is 0 Å². The van der Waals surface area contributed by atoms with Gasteiger partial charge in [-0.2, -0.15) is 8.42 Å². The maximum absolute atomic E-state index is 11.0. The van der Waals surface area contributed by atoms with E-state index in [-0.39, 0.29) is 40.2 Å². The Bertz CT molecular complexity index is 622. The minimum atomic E-state index is -4.31. The van der Waals surface area contributed by atoms with Crippen LogP contribution >= 0.6 is 0 Å². The van der Waals surface area contributed by atoms with Crippen LogP contribution in [-0.4, -0.2) is 47.6 Å². The molecule has 0 heterocycles. The quantitative estimate of drug-likeness (QED) is 0.590. The van der Waals surface area contributed by atoms with Gasteiger partial charge in [-0.25, -0.2) is 0 Å². The molecule has 2 aromatic carbocycles. The van der Waals surface area contributed by atoms with Gasteiger partial charge in [0.25, 0.3) is 10.1 Å². The first-order valence-electron chi connectivity index (χ1n) is 4.18. The summed E-state index contributed by atoms with van der Waals surface area (Å²) in [6.45, 7) is 0. The molecule has 0 aliphatic carbocycles. The van der Waals surface area contributed by atoms with E-state index in [1.54, 1.807) is 24.3 Å². The predicted octanol–water partition coefficient (Wildman–Crippen LogP) is 1.41. The Kier molecular flexibility index (Phi) is 3.98. The molecule has 4 nitrogen and oxygen atoms in total. The minimum Gasteiger partial charge on any atom is -0.508 e. The van der Waals surface area contributed by atoms with Crippen molar-refractivity contribution in [2.24, 2.45) is 0 Å². The van der Waals surface area contributed by atoms with E-state index in [2.05, 4.69) is 0 Å². The largest absolute Gasteiger partial charge is 0.508 e. The Hall–Kier alpha value is -0.590. The van der Waals surface area contributed by atoms with Gasteiger partial charge >= 0.3 is 0 Å². The third-order valence-corrected chi connectivity index (χ3v) is 2.98. The van der Waals surface area contributed by atoms with E-state index in [1.165, 1.54) is 6.07 Å². The summed E-state index contributed by atoms with van der Waals surface area (Å²) >= 11 is 0. The smallest absolute Gasteiger partial charge is 0.295 e. The second-order valence-electron chi connectivity index (χ2n) is 3.14. The Labute approximate surface area is 115 Å². The predicted molar refractivity (Wildman–Crippen MR) is 61.2 cm³/mol. The summed E-state index contributed by atoms with van der Waals surface area (Å²) in [7, 11) is -4.31. The van der Waals surface area contributed by atoms with Gasteiger partial charge in [0.15, 0.2) is 0 Å². The Morgan fingerprint density at radius 1 is 1.06 bits per heavy atom. The summed E-state index contributed by atoms with van der Waals surface area (Å²) in [6, 6.07) is 9.06. The van der Waals surface area contributed by atoms with Gasteiger partial charge in [0.2, 0.25) is 0 Å². The molecular formula is C10H8NaO4S. The summed E-state index contributed by atoms with van der Waals surface area (Å²) in [5.41, 5.74) is 0. The van der Waals surface area contributed by atoms with Crippen LogP contribution in [0.3, 0.4) is 0 Å². The van der Waals surface area contributed by atoms with E-state index < -0.39 is 10.1 Å². The molecule has 0 atom stereocenters. The van der Waals surface area contributed by atoms with Crippen LogP contribution in [0.5, 0.6) is 5.75 Å². The average molecular weight is 247 g/mol. The molecule has 0 aliphatic heterocycles. The molecule has 16 heavy (non-hydrogen) atoms. The topological polar surface area (TPSA) is 74.6 Å². The standard InChI is InChI=1S/C10H8O4S.Na/c11-8-5-7-3-1-2-4-9(7)10(6-8)15(12,13)14;/h1-6,11H,(H,12,13,14);. The molecule has 2 aromatic rings. The summed E-state index contributed by atoms with van der Waals surface area (Å²) in [5.74, 6) is -0.193. The van der Waals surface area contributed by atoms with Gasteiger partial charge in [-0.15, -0.1) is 0 Å². The van der Waals surface area contributed by atoms with Gasteiger partial charge in [0.1, 0.15) is 10.6 Å². The SMILES string of the molecule is O=S(=O)(O)c1cc(O)cc2ccccc12.[Na]. The van der Waals surface area contributed by atoms with Crippen molar-refractivity contribution >= 4 is 50.4 Å². The molecule has 1 radical (unpaired) electrons. The number of phenolic OH excluding ortho intramolecular Hbond substituents is 1. The van der Waals surface area contributed by atoms with Crippen LogP contribution in [0.2, 0.25) is 0 Å². The molecular weight excluding hydrogens is 239 g/mol. The maximum atomic E-state index is 11.0. The Morgan fingerprint density at radius 2 is 1.69 bits per heavy atom. The van der Waals surface area contributed by atoms with Gasteiger partial charge < -0.3 is 5.11 Å². The zero-order valence-corrected chi connectivity index (χ0v) is 11.4. The van der Waals surface area contributed by atoms with Crippen molar-refractivity contribution in [3.63, 3.8) is 0 Å². The maximum Gasteiger partial charge on any atom is 0.295 e. The van der Waals surface area contributed by atoms with Gasteiger partial charge in [-0.3, -0.25) is 4.55 Å². The molecule has 0 aliphatic rings. The summed E-state index contributed by atoms with van der Waals surface area (Å²) in [4.78, 5) is -0.280. The van der Waals surface area contributed by atoms with E-state index in [4.69, 9.17) is 4.55 Å². The van der Waals surface area contributed by atoms with E-state index in [0.717, 1.165) is 6.07 Å². The summed E-state index contributed by atoms with van der Waals surface area (Å²) < 4.78 is 31.1. The zero-order chi connectivity index (χ0) is 11.1. The Balaban J connectivity index is 0.00000128. The molecule has 6 heteroatoms. The van der Waals surface area contributed by atoms with E-state index in [1.807, 2.05) is 0 Å². The van der Waals surface area contributed by atoms with Crippen LogP contribution in [-0.2, 0) is 10.1 Å². The van der Waals surface area contributed by atoms with E-state index in [0.29, 0.717) is 10.8 Å². The second kappa shape index (κ2) is 4.73. The zero-order valence-electron chi connectivity index (χ0n) is 8.58. The normalized spacial score (nSPS) is 11.1. The molecule has 0 bridgehead atoms. The average Bonchev–Trinajstić information content (AvgIpc) is 2.15. The van der Waals surface area contributed by atoms with Crippen LogP contribution in [0.25, 0.3) is 10.8 Å². The van der Waals surface area contributed by atoms with Crippen molar-refractivity contribution in [3.05, 3.63) is 36.4 Å². The van der Waals surface area contributed by atoms with Crippen LogP contribution in [0.4, 0.5) is 0 Å². The van der Waals surface area contributed by atoms with Gasteiger partial charge in [0.05, 0.1) is 0 Å². The first kappa shape index (κ1) is 13.5. The fraction of sp³-hybridized carbons (Fsp3) is 0. The van der Waals surface area contributed by atoms with Gasteiger partial charge in [0, 0.05) is 41.0 Å². The van der Waals surface area contributed by atoms with E-state index in [9.17, 15) is 13.5 Å². The van der Waals surface area contributed by atoms with Crippen LogP contribution < -0.4 is 0 Å². The van der Waals surface area contributed by atoms with E-state index >= 15 is 0 Å². The van der Waals surface area contributed by atoms with Gasteiger partial charge in [-0.05, 0) is 11.5 Å². The van der Waals surface area contributed by atoms with Crippen molar-refractivity contribution < 1.29 is 18.1 Å². The molecule has 0 aromatic heterocycles. The fourth-order valence-electron chi connectivity index (χ4n) is 1.47. The van der Waals surface area contributed by atoms with Crippen molar-refractivity contribution in [2.45, 2.75) is 4.90 Å². The summed E-state index contributed by atoms with van der Waals surface area (Å²) in [6.07, 6.45) is 0. The molecule has 0 saturated carbocycles. The molecule has 0 amide bonds. The van der Waals surface area contributed by atoms with Crippen LogP contribution in [0.15, 0.2) is 41.3 Å². The minimum absolute atomic E-state index is 0. The van der Waals surface area contributed by atoms with Crippen molar-refractivity contribution in [1.82, 2.24) is 0 Å². The molecule has 2 N–H and O–H groups in total. The molecule has 79 valence electrons. The number of aromatic hydroxyl groups is 1. The second-order valence-corrected chi connectivity index (χ2v) is 4.53. The molecule has 0 unspecified atom stereocenters. The number of hydrogen-bond acceptors (Lipinski definition) is 3. The summed E-state index contributed by atoms with van der Waals surface area (Å²) in [5, 5.41) is 10.2. The monoisotopic (exact) mass is 247 g/mol. The third kappa shape index (κ3) is 2.56. The molecule has 2 rings (SSSR count). The molecule has 0 spiro atoms.